The van der Waals surface area contributed by atoms with Gasteiger partial charge in [0.25, 0.3) is 0 Å². The molecule has 0 aliphatic rings. The van der Waals surface area contributed by atoms with E-state index in [1.54, 1.807) is 19.1 Å². The Balaban J connectivity index is 2.12. The molecule has 0 atom stereocenters. The summed E-state index contributed by atoms with van der Waals surface area (Å²) in [7, 11) is 0. The summed E-state index contributed by atoms with van der Waals surface area (Å²) in [5.41, 5.74) is 1.36. The highest BCUT2D eigenvalue weighted by atomic mass is 19.2. The van der Waals surface area contributed by atoms with Crippen LogP contribution in [0.2, 0.25) is 0 Å². The first-order valence-electron chi connectivity index (χ1n) is 5.61. The zero-order chi connectivity index (χ0) is 14.0. The van der Waals surface area contributed by atoms with Crippen LogP contribution < -0.4 is 5.32 Å². The number of benzene rings is 2. The van der Waals surface area contributed by atoms with Crippen LogP contribution in [0.4, 0.5) is 23.2 Å². The molecule has 0 aliphatic carbocycles. The van der Waals surface area contributed by atoms with Gasteiger partial charge < -0.3 is 5.32 Å². The van der Waals surface area contributed by atoms with Crippen LogP contribution in [0, 0.1) is 30.2 Å². The van der Waals surface area contributed by atoms with Crippen molar-refractivity contribution in [1.29, 1.82) is 0 Å². The zero-order valence-corrected chi connectivity index (χ0v) is 10.1. The summed E-state index contributed by atoms with van der Waals surface area (Å²) >= 11 is 0. The van der Waals surface area contributed by atoms with E-state index in [4.69, 9.17) is 0 Å². The van der Waals surface area contributed by atoms with Crippen molar-refractivity contribution in [1.82, 2.24) is 0 Å². The van der Waals surface area contributed by atoms with Gasteiger partial charge in [-0.2, -0.15) is 0 Å². The molecular formula is C14H11F4N. The van der Waals surface area contributed by atoms with Crippen molar-refractivity contribution >= 4 is 5.69 Å². The molecule has 0 fully saturated rings. The molecule has 0 radical (unpaired) electrons. The Kier molecular flexibility index (Phi) is 3.74. The van der Waals surface area contributed by atoms with Crippen molar-refractivity contribution in [3.8, 4) is 0 Å². The number of halogens is 4. The maximum Gasteiger partial charge on any atom is 0.194 e. The highest BCUT2D eigenvalue weighted by Gasteiger charge is 2.10. The molecule has 0 bridgehead atoms. The second-order valence-corrected chi connectivity index (χ2v) is 4.19. The highest BCUT2D eigenvalue weighted by Crippen LogP contribution is 2.18. The molecule has 1 N–H and O–H groups in total. The molecule has 19 heavy (non-hydrogen) atoms. The van der Waals surface area contributed by atoms with Crippen molar-refractivity contribution in [2.24, 2.45) is 0 Å². The maximum atomic E-state index is 13.1. The minimum absolute atomic E-state index is 0.123. The first-order valence-corrected chi connectivity index (χ1v) is 5.61. The third kappa shape index (κ3) is 3.05. The summed E-state index contributed by atoms with van der Waals surface area (Å²) < 4.78 is 51.8. The van der Waals surface area contributed by atoms with Gasteiger partial charge in [-0.25, -0.2) is 17.6 Å². The van der Waals surface area contributed by atoms with Gasteiger partial charge >= 0.3 is 0 Å². The monoisotopic (exact) mass is 269 g/mol. The van der Waals surface area contributed by atoms with Gasteiger partial charge in [-0.1, -0.05) is 12.1 Å². The van der Waals surface area contributed by atoms with Crippen molar-refractivity contribution in [3.05, 3.63) is 64.7 Å². The van der Waals surface area contributed by atoms with E-state index in [1.165, 1.54) is 6.07 Å². The lowest BCUT2D eigenvalue weighted by molar-refractivity contribution is 0.447. The molecule has 1 nitrogen and oxygen atoms in total. The maximum absolute atomic E-state index is 13.1. The van der Waals surface area contributed by atoms with Crippen LogP contribution in [0.3, 0.4) is 0 Å². The van der Waals surface area contributed by atoms with E-state index in [9.17, 15) is 17.6 Å². The van der Waals surface area contributed by atoms with E-state index in [2.05, 4.69) is 5.32 Å². The number of anilines is 1. The molecule has 0 saturated carbocycles. The first-order chi connectivity index (χ1) is 8.97. The largest absolute Gasteiger partial charge is 0.381 e. The fourth-order valence-electron chi connectivity index (χ4n) is 1.68. The van der Waals surface area contributed by atoms with Crippen molar-refractivity contribution < 1.29 is 17.6 Å². The average molecular weight is 269 g/mol. The third-order valence-electron chi connectivity index (χ3n) is 2.70. The van der Waals surface area contributed by atoms with Gasteiger partial charge in [0, 0.05) is 24.4 Å². The van der Waals surface area contributed by atoms with Crippen LogP contribution in [-0.4, -0.2) is 0 Å². The Labute approximate surface area is 107 Å². The Bertz CT molecular complexity index is 587. The molecule has 5 heteroatoms. The van der Waals surface area contributed by atoms with Crippen LogP contribution >= 0.6 is 0 Å². The van der Waals surface area contributed by atoms with Gasteiger partial charge in [0.15, 0.2) is 17.5 Å². The SMILES string of the molecule is Cc1cc(CNc2cc(F)c(F)c(F)c2)ccc1F. The molecular weight excluding hydrogens is 258 g/mol. The van der Waals surface area contributed by atoms with Crippen LogP contribution in [0.15, 0.2) is 30.3 Å². The third-order valence-corrected chi connectivity index (χ3v) is 2.70. The van der Waals surface area contributed by atoms with E-state index in [0.29, 0.717) is 5.56 Å². The number of rotatable bonds is 3. The Morgan fingerprint density at radius 1 is 0.895 bits per heavy atom. The molecule has 0 aliphatic heterocycles. The van der Waals surface area contributed by atoms with Crippen LogP contribution in [-0.2, 0) is 6.54 Å². The van der Waals surface area contributed by atoms with Crippen LogP contribution in [0.1, 0.15) is 11.1 Å². The standard InChI is InChI=1S/C14H11F4N/c1-8-4-9(2-3-11(8)15)7-19-10-5-12(16)14(18)13(17)6-10/h2-6,19H,7H2,1H3. The van der Waals surface area contributed by atoms with Crippen molar-refractivity contribution in [3.63, 3.8) is 0 Å². The second kappa shape index (κ2) is 5.30. The molecule has 0 unspecified atom stereocenters. The van der Waals surface area contributed by atoms with E-state index < -0.39 is 17.5 Å². The summed E-state index contributed by atoms with van der Waals surface area (Å²) in [5.74, 6) is -4.32. The van der Waals surface area contributed by atoms with Crippen LogP contribution in [0.5, 0.6) is 0 Å². The van der Waals surface area contributed by atoms with Gasteiger partial charge in [0.05, 0.1) is 0 Å². The molecule has 0 amide bonds. The van der Waals surface area contributed by atoms with Crippen molar-refractivity contribution in [2.75, 3.05) is 5.32 Å². The molecule has 0 aromatic heterocycles. The van der Waals surface area contributed by atoms with Gasteiger partial charge in [0.2, 0.25) is 0 Å². The number of nitrogens with one attached hydrogen (secondary N) is 1. The Morgan fingerprint density at radius 3 is 2.11 bits per heavy atom. The Hall–Kier alpha value is -2.04. The fraction of sp³-hybridized carbons (Fsp3) is 0.143. The molecule has 0 heterocycles. The topological polar surface area (TPSA) is 12.0 Å². The molecule has 100 valence electrons. The quantitative estimate of drug-likeness (QED) is 0.651. The minimum Gasteiger partial charge on any atom is -0.381 e. The normalized spacial score (nSPS) is 10.6. The summed E-state index contributed by atoms with van der Waals surface area (Å²) in [4.78, 5) is 0. The van der Waals surface area contributed by atoms with Gasteiger partial charge in [-0.15, -0.1) is 0 Å². The molecule has 2 aromatic rings. The predicted octanol–water partition coefficient (Wildman–Crippen LogP) is 4.16. The van der Waals surface area contributed by atoms with E-state index in [1.807, 2.05) is 0 Å². The Morgan fingerprint density at radius 2 is 1.53 bits per heavy atom. The molecule has 2 rings (SSSR count). The first kappa shape index (κ1) is 13.4. The van der Waals surface area contributed by atoms with Crippen molar-refractivity contribution in [2.45, 2.75) is 13.5 Å². The lowest BCUT2D eigenvalue weighted by Crippen LogP contribution is -2.02. The summed E-state index contributed by atoms with van der Waals surface area (Å²) in [6.45, 7) is 1.88. The smallest absolute Gasteiger partial charge is 0.194 e. The highest BCUT2D eigenvalue weighted by molar-refractivity contribution is 5.45. The van der Waals surface area contributed by atoms with Gasteiger partial charge in [-0.3, -0.25) is 0 Å². The average Bonchev–Trinajstić information content (AvgIpc) is 2.37. The minimum atomic E-state index is -1.50. The molecule has 0 spiro atoms. The molecule has 2 aromatic carbocycles. The summed E-state index contributed by atoms with van der Waals surface area (Å²) in [6.07, 6.45) is 0. The van der Waals surface area contributed by atoms with Gasteiger partial charge in [-0.05, 0) is 24.1 Å². The van der Waals surface area contributed by atoms with E-state index >= 15 is 0 Å². The number of hydrogen-bond acceptors (Lipinski definition) is 1. The van der Waals surface area contributed by atoms with Gasteiger partial charge in [0.1, 0.15) is 5.82 Å². The number of aryl methyl sites for hydroxylation is 1. The summed E-state index contributed by atoms with van der Waals surface area (Å²) in [6, 6.07) is 6.24. The van der Waals surface area contributed by atoms with E-state index in [0.717, 1.165) is 17.7 Å². The second-order valence-electron chi connectivity index (χ2n) is 4.19. The van der Waals surface area contributed by atoms with E-state index in [-0.39, 0.29) is 18.0 Å². The lowest BCUT2D eigenvalue weighted by Gasteiger charge is -2.08. The predicted molar refractivity (Wildman–Crippen MR) is 64.8 cm³/mol. The zero-order valence-electron chi connectivity index (χ0n) is 10.1. The van der Waals surface area contributed by atoms with Crippen LogP contribution in [0.25, 0.3) is 0 Å². The fourth-order valence-corrected chi connectivity index (χ4v) is 1.68. The molecule has 0 saturated heterocycles. The summed E-state index contributed by atoms with van der Waals surface area (Å²) in [5, 5.41) is 2.75. The lowest BCUT2D eigenvalue weighted by atomic mass is 10.1. The number of hydrogen-bond donors (Lipinski definition) is 1.